The van der Waals surface area contributed by atoms with Crippen LogP contribution in [0.15, 0.2) is 24.3 Å². The van der Waals surface area contributed by atoms with E-state index in [4.69, 9.17) is 16.7 Å². The minimum atomic E-state index is -1.22. The van der Waals surface area contributed by atoms with E-state index in [9.17, 15) is 9.28 Å². The molecule has 14 heavy (non-hydrogen) atoms. The molecule has 1 aromatic rings. The highest BCUT2D eigenvalue weighted by molar-refractivity contribution is 6.30. The molecule has 0 bridgehead atoms. The molecule has 0 aliphatic carbocycles. The number of benzene rings is 1. The van der Waals surface area contributed by atoms with Crippen LogP contribution in [0.25, 0.3) is 0 Å². The van der Waals surface area contributed by atoms with E-state index < -0.39 is 12.0 Å². The van der Waals surface area contributed by atoms with E-state index in [1.807, 2.05) is 0 Å². The van der Waals surface area contributed by atoms with Crippen molar-refractivity contribution in [2.45, 2.75) is 12.5 Å². The summed E-state index contributed by atoms with van der Waals surface area (Å²) >= 11 is 5.64. The molecule has 0 heterocycles. The second kappa shape index (κ2) is 4.93. The van der Waals surface area contributed by atoms with E-state index in [0.29, 0.717) is 10.6 Å². The number of carboxylic acids is 1. The molecular weight excluding hydrogens is 209 g/mol. The van der Waals surface area contributed by atoms with Crippen LogP contribution in [0.2, 0.25) is 5.02 Å². The van der Waals surface area contributed by atoms with Gasteiger partial charge in [-0.3, -0.25) is 4.79 Å². The summed E-state index contributed by atoms with van der Waals surface area (Å²) in [4.78, 5) is 10.5. The van der Waals surface area contributed by atoms with E-state index in [0.717, 1.165) is 0 Å². The summed E-state index contributed by atoms with van der Waals surface area (Å²) in [5, 5.41) is 9.12. The second-order valence-electron chi connectivity index (χ2n) is 2.83. The van der Waals surface area contributed by atoms with Gasteiger partial charge in [-0.1, -0.05) is 23.7 Å². The number of rotatable bonds is 4. The fraction of sp³-hybridized carbons (Fsp3) is 0.222. The first-order chi connectivity index (χ1) is 6.63. The number of carboxylic acid groups (broad SMARTS) is 1. The SMILES string of the molecule is O=C(O)C(Cc1ccc(Cl)cc1)NF. The first-order valence-corrected chi connectivity index (χ1v) is 4.34. The lowest BCUT2D eigenvalue weighted by atomic mass is 10.1. The van der Waals surface area contributed by atoms with Crippen molar-refractivity contribution in [2.24, 2.45) is 0 Å². The Labute approximate surface area is 85.4 Å². The Morgan fingerprint density at radius 3 is 2.50 bits per heavy atom. The van der Waals surface area contributed by atoms with Crippen molar-refractivity contribution >= 4 is 17.6 Å². The van der Waals surface area contributed by atoms with E-state index in [1.165, 1.54) is 5.54 Å². The number of hydrogen-bond donors (Lipinski definition) is 2. The highest BCUT2D eigenvalue weighted by Gasteiger charge is 2.16. The van der Waals surface area contributed by atoms with Gasteiger partial charge in [-0.2, -0.15) is 0 Å². The van der Waals surface area contributed by atoms with Crippen LogP contribution in [0.4, 0.5) is 4.48 Å². The summed E-state index contributed by atoms with van der Waals surface area (Å²) in [6.45, 7) is 0. The van der Waals surface area contributed by atoms with Gasteiger partial charge in [0.2, 0.25) is 0 Å². The van der Waals surface area contributed by atoms with Gasteiger partial charge in [0.25, 0.3) is 0 Å². The van der Waals surface area contributed by atoms with Crippen LogP contribution in [-0.4, -0.2) is 17.1 Å². The minimum Gasteiger partial charge on any atom is -0.480 e. The summed E-state index contributed by atoms with van der Waals surface area (Å²) < 4.78 is 12.0. The Morgan fingerprint density at radius 2 is 2.07 bits per heavy atom. The normalized spacial score (nSPS) is 12.4. The van der Waals surface area contributed by atoms with Crippen LogP contribution >= 0.6 is 11.6 Å². The lowest BCUT2D eigenvalue weighted by Crippen LogP contribution is -2.33. The van der Waals surface area contributed by atoms with E-state index in [2.05, 4.69) is 0 Å². The third-order valence-electron chi connectivity index (χ3n) is 1.78. The minimum absolute atomic E-state index is 0.0863. The average Bonchev–Trinajstić information content (AvgIpc) is 2.16. The van der Waals surface area contributed by atoms with Crippen molar-refractivity contribution in [3.63, 3.8) is 0 Å². The molecule has 0 fully saturated rings. The van der Waals surface area contributed by atoms with Gasteiger partial charge in [0.15, 0.2) is 0 Å². The molecule has 0 radical (unpaired) electrons. The van der Waals surface area contributed by atoms with Crippen LogP contribution in [-0.2, 0) is 11.2 Å². The van der Waals surface area contributed by atoms with Crippen molar-refractivity contribution in [2.75, 3.05) is 0 Å². The van der Waals surface area contributed by atoms with Crippen LogP contribution < -0.4 is 5.54 Å². The van der Waals surface area contributed by atoms with Crippen molar-refractivity contribution < 1.29 is 14.4 Å². The summed E-state index contributed by atoms with van der Waals surface area (Å²) in [6.07, 6.45) is 0.0863. The third kappa shape index (κ3) is 2.97. The molecule has 0 aliphatic rings. The number of hydrogen-bond acceptors (Lipinski definition) is 2. The van der Waals surface area contributed by atoms with E-state index >= 15 is 0 Å². The monoisotopic (exact) mass is 217 g/mol. The molecule has 0 saturated carbocycles. The van der Waals surface area contributed by atoms with Crippen LogP contribution in [0, 0.1) is 0 Å². The summed E-state index contributed by atoms with van der Waals surface area (Å²) in [5.74, 6) is -1.22. The Bertz CT molecular complexity index is 315. The molecule has 0 aromatic heterocycles. The van der Waals surface area contributed by atoms with Gasteiger partial charge in [0, 0.05) is 11.4 Å². The predicted molar refractivity (Wildman–Crippen MR) is 50.8 cm³/mol. The Balaban J connectivity index is 2.67. The molecule has 0 saturated heterocycles. The maximum absolute atomic E-state index is 12.0. The molecule has 0 aliphatic heterocycles. The van der Waals surface area contributed by atoms with Gasteiger partial charge in [0.05, 0.1) is 0 Å². The standard InChI is InChI=1S/C9H9ClFNO2/c10-7-3-1-6(2-4-7)5-8(12-11)9(13)14/h1-4,8,12H,5H2,(H,13,14). The average molecular weight is 218 g/mol. The third-order valence-corrected chi connectivity index (χ3v) is 2.03. The predicted octanol–water partition coefficient (Wildman–Crippen LogP) is 1.81. The molecule has 5 heteroatoms. The van der Waals surface area contributed by atoms with Crippen molar-refractivity contribution in [3.8, 4) is 0 Å². The molecule has 1 atom stereocenters. The van der Waals surface area contributed by atoms with Crippen LogP contribution in [0.3, 0.4) is 0 Å². The molecule has 1 aromatic carbocycles. The topological polar surface area (TPSA) is 49.3 Å². The van der Waals surface area contributed by atoms with Gasteiger partial charge in [-0.25, -0.2) is 0 Å². The maximum atomic E-state index is 12.0. The van der Waals surface area contributed by atoms with E-state index in [-0.39, 0.29) is 6.42 Å². The van der Waals surface area contributed by atoms with Gasteiger partial charge in [-0.05, 0) is 17.7 Å². The van der Waals surface area contributed by atoms with Crippen molar-refractivity contribution in [1.82, 2.24) is 5.54 Å². The Hall–Kier alpha value is -1.13. The number of nitrogens with one attached hydrogen (secondary N) is 1. The molecule has 76 valence electrons. The van der Waals surface area contributed by atoms with Crippen LogP contribution in [0.5, 0.6) is 0 Å². The summed E-state index contributed by atoms with van der Waals surface area (Å²) in [7, 11) is 0. The molecule has 2 N–H and O–H groups in total. The molecule has 0 spiro atoms. The van der Waals surface area contributed by atoms with E-state index in [1.54, 1.807) is 24.3 Å². The first-order valence-electron chi connectivity index (χ1n) is 3.97. The first kappa shape index (κ1) is 10.9. The second-order valence-corrected chi connectivity index (χ2v) is 3.27. The van der Waals surface area contributed by atoms with Gasteiger partial charge < -0.3 is 5.11 Å². The molecule has 0 amide bonds. The maximum Gasteiger partial charge on any atom is 0.323 e. The zero-order valence-electron chi connectivity index (χ0n) is 7.21. The quantitative estimate of drug-likeness (QED) is 0.757. The molecule has 1 rings (SSSR count). The number of carbonyl (C=O) groups is 1. The van der Waals surface area contributed by atoms with Crippen molar-refractivity contribution in [1.29, 1.82) is 0 Å². The van der Waals surface area contributed by atoms with Crippen molar-refractivity contribution in [3.05, 3.63) is 34.9 Å². The highest BCUT2D eigenvalue weighted by Crippen LogP contribution is 2.11. The van der Waals surface area contributed by atoms with Gasteiger partial charge in [0.1, 0.15) is 6.04 Å². The fourth-order valence-electron chi connectivity index (χ4n) is 1.03. The largest absolute Gasteiger partial charge is 0.480 e. The molecular formula is C9H9ClFNO2. The Kier molecular flexibility index (Phi) is 3.85. The van der Waals surface area contributed by atoms with Gasteiger partial charge >= 0.3 is 5.97 Å². The summed E-state index contributed by atoms with van der Waals surface area (Å²) in [5.41, 5.74) is 1.95. The van der Waals surface area contributed by atoms with Crippen LogP contribution in [0.1, 0.15) is 5.56 Å². The smallest absolute Gasteiger partial charge is 0.323 e. The molecule has 3 nitrogen and oxygen atoms in total. The summed E-state index contributed by atoms with van der Waals surface area (Å²) in [6, 6.07) is 5.38. The highest BCUT2D eigenvalue weighted by atomic mass is 35.5. The zero-order valence-corrected chi connectivity index (χ0v) is 7.96. The Morgan fingerprint density at radius 1 is 1.50 bits per heavy atom. The number of aliphatic carboxylic acids is 1. The fourth-order valence-corrected chi connectivity index (χ4v) is 1.15. The zero-order chi connectivity index (χ0) is 10.6. The lowest BCUT2D eigenvalue weighted by Gasteiger charge is -2.08. The molecule has 1 unspecified atom stereocenters. The number of halogens is 2. The lowest BCUT2D eigenvalue weighted by molar-refractivity contribution is -0.140. The van der Waals surface area contributed by atoms with Gasteiger partial charge in [-0.15, -0.1) is 10.0 Å².